The van der Waals surface area contributed by atoms with Crippen LogP contribution in [-0.4, -0.2) is 20.7 Å². The summed E-state index contributed by atoms with van der Waals surface area (Å²) in [6.07, 6.45) is 0. The zero-order chi connectivity index (χ0) is 32.2. The molecule has 0 bridgehead atoms. The first-order valence-corrected chi connectivity index (χ1v) is 16.0. The van der Waals surface area contributed by atoms with Crippen molar-refractivity contribution in [3.05, 3.63) is 192 Å². The molecule has 0 aliphatic carbocycles. The third-order valence-corrected chi connectivity index (χ3v) is 9.28. The normalized spacial score (nSPS) is 11.5. The van der Waals surface area contributed by atoms with Crippen molar-refractivity contribution in [2.24, 2.45) is 0 Å². The summed E-state index contributed by atoms with van der Waals surface area (Å²) >= 11 is 0. The van der Waals surface area contributed by atoms with E-state index in [0.29, 0.717) is 22.3 Å². The number of nitrogens with zero attached hydrogens (tertiary/aromatic N) is 2. The molecule has 9 aromatic rings. The average Bonchev–Trinajstić information content (AvgIpc) is 3.65. The van der Waals surface area contributed by atoms with E-state index in [9.17, 15) is 9.59 Å². The van der Waals surface area contributed by atoms with Crippen LogP contribution in [0.15, 0.2) is 170 Å². The van der Waals surface area contributed by atoms with Crippen LogP contribution in [0.25, 0.3) is 55.0 Å². The lowest BCUT2D eigenvalue weighted by molar-refractivity contribution is 0.103. The molecular formula is C44H28N2O2. The second kappa shape index (κ2) is 11.1. The molecule has 9 rings (SSSR count). The number of fused-ring (bicyclic) bond motifs is 6. The number of para-hydroxylation sites is 2. The molecule has 0 spiro atoms. The Labute approximate surface area is 276 Å². The van der Waals surface area contributed by atoms with E-state index in [-0.39, 0.29) is 11.6 Å². The minimum absolute atomic E-state index is 0.00473. The van der Waals surface area contributed by atoms with Crippen LogP contribution in [0.5, 0.6) is 0 Å². The van der Waals surface area contributed by atoms with Crippen LogP contribution < -0.4 is 0 Å². The summed E-state index contributed by atoms with van der Waals surface area (Å²) < 4.78 is 4.51. The number of hydrogen-bond acceptors (Lipinski definition) is 2. The van der Waals surface area contributed by atoms with Crippen molar-refractivity contribution in [2.45, 2.75) is 0 Å². The van der Waals surface area contributed by atoms with E-state index in [1.54, 1.807) is 0 Å². The van der Waals surface area contributed by atoms with Gasteiger partial charge in [-0.05, 0) is 48.5 Å². The highest BCUT2D eigenvalue weighted by Crippen LogP contribution is 2.40. The molecule has 0 aliphatic heterocycles. The lowest BCUT2D eigenvalue weighted by atomic mass is 10.0. The van der Waals surface area contributed by atoms with Gasteiger partial charge in [0.25, 0.3) is 0 Å². The molecule has 0 aliphatic rings. The average molecular weight is 617 g/mol. The van der Waals surface area contributed by atoms with Gasteiger partial charge in [0.05, 0.1) is 22.1 Å². The smallest absolute Gasteiger partial charge is 0.193 e. The first kappa shape index (κ1) is 27.8. The maximum absolute atomic E-state index is 13.6. The molecule has 0 N–H and O–H groups in total. The highest BCUT2D eigenvalue weighted by molar-refractivity contribution is 6.21. The zero-order valence-electron chi connectivity index (χ0n) is 25.9. The summed E-state index contributed by atoms with van der Waals surface area (Å²) in [4.78, 5) is 27.2. The monoisotopic (exact) mass is 616 g/mol. The van der Waals surface area contributed by atoms with Gasteiger partial charge >= 0.3 is 0 Å². The molecule has 4 heteroatoms. The molecule has 7 aromatic carbocycles. The fourth-order valence-corrected chi connectivity index (χ4v) is 7.03. The van der Waals surface area contributed by atoms with E-state index < -0.39 is 0 Å². The molecule has 0 fully saturated rings. The summed E-state index contributed by atoms with van der Waals surface area (Å²) in [6.45, 7) is 0. The molecule has 226 valence electrons. The Balaban J connectivity index is 1.35. The van der Waals surface area contributed by atoms with Crippen molar-refractivity contribution < 1.29 is 9.59 Å². The summed E-state index contributed by atoms with van der Waals surface area (Å²) in [5.74, 6) is -0.00945. The SMILES string of the molecule is O=C(c1ccccc1)c1ccc2c3cc4c(cc3n(-c3ccccc3)c2c1)c1ccc(C(=O)c2ccccc2)cc1n4-c1ccccc1. The molecule has 0 atom stereocenters. The summed E-state index contributed by atoms with van der Waals surface area (Å²) in [7, 11) is 0. The third kappa shape index (κ3) is 4.38. The second-order valence-electron chi connectivity index (χ2n) is 12.1. The largest absolute Gasteiger partial charge is 0.309 e. The van der Waals surface area contributed by atoms with Crippen LogP contribution >= 0.6 is 0 Å². The van der Waals surface area contributed by atoms with Gasteiger partial charge in [-0.2, -0.15) is 0 Å². The number of carbonyl (C=O) groups is 2. The summed E-state index contributed by atoms with van der Waals surface area (Å²) in [5.41, 5.74) is 8.69. The van der Waals surface area contributed by atoms with Gasteiger partial charge < -0.3 is 9.13 Å². The number of hydrogen-bond donors (Lipinski definition) is 0. The molecule has 0 radical (unpaired) electrons. The Hall–Kier alpha value is -6.52. The van der Waals surface area contributed by atoms with Gasteiger partial charge in [0.15, 0.2) is 11.6 Å². The molecule has 4 nitrogen and oxygen atoms in total. The number of aromatic nitrogens is 2. The first-order valence-electron chi connectivity index (χ1n) is 16.0. The van der Waals surface area contributed by atoms with Crippen LogP contribution in [0.4, 0.5) is 0 Å². The third-order valence-electron chi connectivity index (χ3n) is 9.28. The second-order valence-corrected chi connectivity index (χ2v) is 12.1. The number of benzene rings is 7. The number of carbonyl (C=O) groups excluding carboxylic acids is 2. The van der Waals surface area contributed by atoms with Crippen molar-refractivity contribution >= 4 is 55.2 Å². The lowest BCUT2D eigenvalue weighted by Crippen LogP contribution is -2.01. The molecule has 0 saturated carbocycles. The maximum atomic E-state index is 13.6. The van der Waals surface area contributed by atoms with E-state index in [1.807, 2.05) is 121 Å². The fraction of sp³-hybridized carbons (Fsp3) is 0. The van der Waals surface area contributed by atoms with Crippen molar-refractivity contribution in [1.82, 2.24) is 9.13 Å². The minimum atomic E-state index is -0.00473. The summed E-state index contributed by atoms with van der Waals surface area (Å²) in [6, 6.07) is 56.0. The molecule has 48 heavy (non-hydrogen) atoms. The molecule has 2 heterocycles. The Morgan fingerprint density at radius 2 is 0.646 bits per heavy atom. The Morgan fingerprint density at radius 3 is 1.02 bits per heavy atom. The highest BCUT2D eigenvalue weighted by Gasteiger charge is 2.21. The van der Waals surface area contributed by atoms with E-state index in [4.69, 9.17) is 0 Å². The van der Waals surface area contributed by atoms with Crippen molar-refractivity contribution in [2.75, 3.05) is 0 Å². The van der Waals surface area contributed by atoms with Crippen molar-refractivity contribution in [3.8, 4) is 11.4 Å². The van der Waals surface area contributed by atoms with Gasteiger partial charge in [0.2, 0.25) is 0 Å². The maximum Gasteiger partial charge on any atom is 0.193 e. The number of rotatable bonds is 6. The predicted molar refractivity (Wildman–Crippen MR) is 195 cm³/mol. The predicted octanol–water partition coefficient (Wildman–Crippen LogP) is 10.3. The molecule has 0 amide bonds. The quantitative estimate of drug-likeness (QED) is 0.175. The van der Waals surface area contributed by atoms with Crippen molar-refractivity contribution in [1.29, 1.82) is 0 Å². The number of ketones is 2. The van der Waals surface area contributed by atoms with Gasteiger partial charge in [-0.1, -0.05) is 121 Å². The fourth-order valence-electron chi connectivity index (χ4n) is 7.03. The van der Waals surface area contributed by atoms with E-state index in [1.165, 1.54) is 0 Å². The van der Waals surface area contributed by atoms with Crippen LogP contribution in [0, 0.1) is 0 Å². The van der Waals surface area contributed by atoms with E-state index >= 15 is 0 Å². The van der Waals surface area contributed by atoms with Gasteiger partial charge in [0, 0.05) is 55.2 Å². The van der Waals surface area contributed by atoms with E-state index in [0.717, 1.165) is 55.0 Å². The Kier molecular flexibility index (Phi) is 6.41. The van der Waals surface area contributed by atoms with Crippen LogP contribution in [-0.2, 0) is 0 Å². The highest BCUT2D eigenvalue weighted by atomic mass is 16.1. The lowest BCUT2D eigenvalue weighted by Gasteiger charge is -2.09. The first-order chi connectivity index (χ1) is 23.7. The Morgan fingerprint density at radius 1 is 0.312 bits per heavy atom. The molecular weight excluding hydrogens is 588 g/mol. The van der Waals surface area contributed by atoms with Crippen molar-refractivity contribution in [3.63, 3.8) is 0 Å². The Bertz CT molecular complexity index is 2480. The van der Waals surface area contributed by atoms with Crippen LogP contribution in [0.1, 0.15) is 31.8 Å². The van der Waals surface area contributed by atoms with Gasteiger partial charge in [-0.15, -0.1) is 0 Å². The zero-order valence-corrected chi connectivity index (χ0v) is 25.9. The molecule has 0 unspecified atom stereocenters. The van der Waals surface area contributed by atoms with Gasteiger partial charge in [-0.3, -0.25) is 9.59 Å². The standard InChI is InChI=1S/C44H28N2O2/c47-43(29-13-5-1-6-14-29)31-21-23-35-37-27-42-38(28-41(37)45(39(35)25-31)33-17-9-3-10-18-33)36-24-22-32(44(48)30-15-7-2-8-16-30)26-40(36)46(42)34-19-11-4-12-20-34/h1-28H. The van der Waals surface area contributed by atoms with E-state index in [2.05, 4.69) is 57.7 Å². The minimum Gasteiger partial charge on any atom is -0.309 e. The molecule has 0 saturated heterocycles. The summed E-state index contributed by atoms with van der Waals surface area (Å²) in [5, 5.41) is 4.29. The van der Waals surface area contributed by atoms with Crippen LogP contribution in [0.3, 0.4) is 0 Å². The topological polar surface area (TPSA) is 44.0 Å². The van der Waals surface area contributed by atoms with Gasteiger partial charge in [-0.25, -0.2) is 0 Å². The van der Waals surface area contributed by atoms with Crippen LogP contribution in [0.2, 0.25) is 0 Å². The van der Waals surface area contributed by atoms with Gasteiger partial charge in [0.1, 0.15) is 0 Å². The molecule has 2 aromatic heterocycles.